The summed E-state index contributed by atoms with van der Waals surface area (Å²) in [5.74, 6) is 0.926. The summed E-state index contributed by atoms with van der Waals surface area (Å²) in [7, 11) is 0. The summed E-state index contributed by atoms with van der Waals surface area (Å²) in [6.07, 6.45) is 1.95. The highest BCUT2D eigenvalue weighted by molar-refractivity contribution is 5.85. The molecule has 0 unspecified atom stereocenters. The molecular weight excluding hydrogens is 162 g/mol. The number of halogens is 1. The van der Waals surface area contributed by atoms with Gasteiger partial charge in [-0.15, -0.1) is 22.6 Å². The van der Waals surface area contributed by atoms with E-state index < -0.39 is 0 Å². The third kappa shape index (κ3) is 1.19. The van der Waals surface area contributed by atoms with Gasteiger partial charge in [0.15, 0.2) is 5.65 Å². The maximum absolute atomic E-state index is 3.93. The van der Waals surface area contributed by atoms with E-state index in [-0.39, 0.29) is 12.4 Å². The molecule has 0 N–H and O–H groups in total. The van der Waals surface area contributed by atoms with E-state index >= 15 is 0 Å². The minimum atomic E-state index is 0. The van der Waals surface area contributed by atoms with Crippen molar-refractivity contribution in [1.29, 1.82) is 0 Å². The van der Waals surface area contributed by atoms with Gasteiger partial charge in [0.2, 0.25) is 0 Å². The first kappa shape index (κ1) is 8.01. The Morgan fingerprint density at radius 3 is 2.82 bits per heavy atom. The quantitative estimate of drug-likeness (QED) is 0.598. The highest BCUT2D eigenvalue weighted by atomic mass is 35.5. The average molecular weight is 170 g/mol. The zero-order chi connectivity index (χ0) is 6.97. The van der Waals surface area contributed by atoms with E-state index in [1.165, 1.54) is 0 Å². The number of nitrogens with zero attached hydrogens (tertiary/aromatic N) is 3. The van der Waals surface area contributed by atoms with Gasteiger partial charge in [0, 0.05) is 6.20 Å². The summed E-state index contributed by atoms with van der Waals surface area (Å²) in [5, 5.41) is 7.84. The third-order valence-electron chi connectivity index (χ3n) is 1.48. The van der Waals surface area contributed by atoms with E-state index in [1.807, 2.05) is 35.7 Å². The minimum Gasteiger partial charge on any atom is -0.287 e. The van der Waals surface area contributed by atoms with Gasteiger partial charge in [0.05, 0.1) is 0 Å². The molecule has 2 aromatic rings. The molecule has 0 aromatic carbocycles. The predicted molar refractivity (Wildman–Crippen MR) is 45.0 cm³/mol. The van der Waals surface area contributed by atoms with Crippen LogP contribution in [0, 0.1) is 6.92 Å². The highest BCUT2D eigenvalue weighted by Gasteiger charge is 1.95. The predicted octanol–water partition coefficient (Wildman–Crippen LogP) is 1.46. The van der Waals surface area contributed by atoms with Gasteiger partial charge in [-0.3, -0.25) is 4.40 Å². The minimum absolute atomic E-state index is 0. The lowest BCUT2D eigenvalue weighted by Crippen LogP contribution is -1.84. The van der Waals surface area contributed by atoms with Crippen LogP contribution in [-0.2, 0) is 0 Å². The van der Waals surface area contributed by atoms with Gasteiger partial charge in [-0.25, -0.2) is 0 Å². The molecule has 0 radical (unpaired) electrons. The Morgan fingerprint density at radius 2 is 2.09 bits per heavy atom. The molecule has 0 aliphatic rings. The Labute approximate surface area is 70.5 Å². The van der Waals surface area contributed by atoms with Crippen LogP contribution in [-0.4, -0.2) is 14.6 Å². The Kier molecular flexibility index (Phi) is 2.10. The van der Waals surface area contributed by atoms with Crippen molar-refractivity contribution in [3.05, 3.63) is 30.2 Å². The van der Waals surface area contributed by atoms with Crippen molar-refractivity contribution < 1.29 is 0 Å². The van der Waals surface area contributed by atoms with Gasteiger partial charge in [0.1, 0.15) is 5.82 Å². The van der Waals surface area contributed by atoms with E-state index in [4.69, 9.17) is 0 Å². The maximum atomic E-state index is 3.93. The van der Waals surface area contributed by atoms with Crippen LogP contribution in [0.25, 0.3) is 5.65 Å². The Hall–Kier alpha value is -1.09. The number of hydrogen-bond acceptors (Lipinski definition) is 2. The highest BCUT2D eigenvalue weighted by Crippen LogP contribution is 1.99. The number of hydrogen-bond donors (Lipinski definition) is 0. The van der Waals surface area contributed by atoms with Crippen LogP contribution >= 0.6 is 12.4 Å². The van der Waals surface area contributed by atoms with Crippen molar-refractivity contribution in [2.75, 3.05) is 0 Å². The molecule has 2 aromatic heterocycles. The van der Waals surface area contributed by atoms with Crippen LogP contribution in [0.5, 0.6) is 0 Å². The molecular formula is C7H8ClN3. The molecule has 0 saturated carbocycles. The second kappa shape index (κ2) is 2.88. The van der Waals surface area contributed by atoms with Crippen LogP contribution in [0.2, 0.25) is 0 Å². The van der Waals surface area contributed by atoms with E-state index in [0.717, 1.165) is 11.5 Å². The number of aromatic nitrogens is 3. The second-order valence-electron chi connectivity index (χ2n) is 2.18. The molecule has 3 nitrogen and oxygen atoms in total. The van der Waals surface area contributed by atoms with E-state index in [0.29, 0.717) is 0 Å². The summed E-state index contributed by atoms with van der Waals surface area (Å²) >= 11 is 0. The average Bonchev–Trinajstić information content (AvgIpc) is 2.34. The monoisotopic (exact) mass is 169 g/mol. The lowest BCUT2D eigenvalue weighted by atomic mass is 10.5. The summed E-state index contributed by atoms with van der Waals surface area (Å²) < 4.78 is 1.94. The first-order valence-electron chi connectivity index (χ1n) is 3.14. The SMILES string of the molecule is Cc1nnc2ccccn12.Cl. The molecule has 0 amide bonds. The zero-order valence-corrected chi connectivity index (χ0v) is 6.88. The molecule has 0 saturated heterocycles. The van der Waals surface area contributed by atoms with Gasteiger partial charge in [0.25, 0.3) is 0 Å². The van der Waals surface area contributed by atoms with E-state index in [1.54, 1.807) is 0 Å². The number of pyridine rings is 1. The Morgan fingerprint density at radius 1 is 1.27 bits per heavy atom. The Bertz CT molecular complexity index is 355. The zero-order valence-electron chi connectivity index (χ0n) is 6.06. The fourth-order valence-corrected chi connectivity index (χ4v) is 0.961. The summed E-state index contributed by atoms with van der Waals surface area (Å²) in [4.78, 5) is 0. The first-order chi connectivity index (χ1) is 4.88. The molecule has 0 fully saturated rings. The molecule has 0 aliphatic heterocycles. The van der Waals surface area contributed by atoms with Gasteiger partial charge >= 0.3 is 0 Å². The van der Waals surface area contributed by atoms with Gasteiger partial charge in [-0.05, 0) is 19.1 Å². The first-order valence-corrected chi connectivity index (χ1v) is 3.14. The maximum Gasteiger partial charge on any atom is 0.160 e. The van der Waals surface area contributed by atoms with Crippen molar-refractivity contribution >= 4 is 18.1 Å². The molecule has 0 aliphatic carbocycles. The summed E-state index contributed by atoms with van der Waals surface area (Å²) in [5.41, 5.74) is 0.903. The fourth-order valence-electron chi connectivity index (χ4n) is 0.961. The Balaban J connectivity index is 0.000000605. The molecule has 58 valence electrons. The van der Waals surface area contributed by atoms with Crippen LogP contribution < -0.4 is 0 Å². The van der Waals surface area contributed by atoms with Crippen LogP contribution in [0.15, 0.2) is 24.4 Å². The standard InChI is InChI=1S/C7H7N3.ClH/c1-6-8-9-7-4-2-3-5-10(6)7;/h2-5H,1H3;1H. The normalized spacial score (nSPS) is 9.55. The van der Waals surface area contributed by atoms with Crippen molar-refractivity contribution in [2.24, 2.45) is 0 Å². The van der Waals surface area contributed by atoms with Crippen LogP contribution in [0.4, 0.5) is 0 Å². The summed E-state index contributed by atoms with van der Waals surface area (Å²) in [6.45, 7) is 1.93. The van der Waals surface area contributed by atoms with Crippen molar-refractivity contribution in [3.8, 4) is 0 Å². The van der Waals surface area contributed by atoms with Crippen molar-refractivity contribution in [3.63, 3.8) is 0 Å². The molecule has 0 bridgehead atoms. The van der Waals surface area contributed by atoms with Crippen molar-refractivity contribution in [2.45, 2.75) is 6.92 Å². The van der Waals surface area contributed by atoms with E-state index in [2.05, 4.69) is 10.2 Å². The van der Waals surface area contributed by atoms with Crippen LogP contribution in [0.3, 0.4) is 0 Å². The number of rotatable bonds is 0. The molecule has 0 atom stereocenters. The van der Waals surface area contributed by atoms with Crippen LogP contribution in [0.1, 0.15) is 5.82 Å². The van der Waals surface area contributed by atoms with E-state index in [9.17, 15) is 0 Å². The molecule has 2 rings (SSSR count). The summed E-state index contributed by atoms with van der Waals surface area (Å²) in [6, 6.07) is 5.84. The number of fused-ring (bicyclic) bond motifs is 1. The second-order valence-corrected chi connectivity index (χ2v) is 2.18. The van der Waals surface area contributed by atoms with Gasteiger partial charge < -0.3 is 0 Å². The van der Waals surface area contributed by atoms with Crippen molar-refractivity contribution in [1.82, 2.24) is 14.6 Å². The smallest absolute Gasteiger partial charge is 0.160 e. The van der Waals surface area contributed by atoms with Gasteiger partial charge in [-0.1, -0.05) is 6.07 Å². The largest absolute Gasteiger partial charge is 0.287 e. The lowest BCUT2D eigenvalue weighted by molar-refractivity contribution is 1.01. The molecule has 0 spiro atoms. The molecule has 11 heavy (non-hydrogen) atoms. The number of aryl methyl sites for hydroxylation is 1. The molecule has 4 heteroatoms. The topological polar surface area (TPSA) is 30.2 Å². The third-order valence-corrected chi connectivity index (χ3v) is 1.48. The molecule has 2 heterocycles. The fraction of sp³-hybridized carbons (Fsp3) is 0.143. The van der Waals surface area contributed by atoms with Gasteiger partial charge in [-0.2, -0.15) is 0 Å². The lowest BCUT2D eigenvalue weighted by Gasteiger charge is -1.89.